The standard InChI is InChI=1S/C13H17ClN2O2S2/c1-8-2-3-9(6-8)16-20(17,18)10-4-5-11(13(15)19)12(14)7-10/h4-5,7-9,16H,2-3,6H2,1H3,(H2,15,19). The van der Waals surface area contributed by atoms with Gasteiger partial charge in [-0.15, -0.1) is 0 Å². The molecule has 0 saturated heterocycles. The zero-order valence-electron chi connectivity index (χ0n) is 11.1. The van der Waals surface area contributed by atoms with Gasteiger partial charge in [-0.2, -0.15) is 0 Å². The highest BCUT2D eigenvalue weighted by molar-refractivity contribution is 7.89. The monoisotopic (exact) mass is 332 g/mol. The van der Waals surface area contributed by atoms with Crippen LogP contribution in [0.15, 0.2) is 23.1 Å². The summed E-state index contributed by atoms with van der Waals surface area (Å²) in [4.78, 5) is 0.290. The van der Waals surface area contributed by atoms with Crippen molar-refractivity contribution in [1.29, 1.82) is 0 Å². The number of hydrogen-bond acceptors (Lipinski definition) is 3. The fourth-order valence-corrected chi connectivity index (χ4v) is 4.35. The van der Waals surface area contributed by atoms with E-state index in [9.17, 15) is 8.42 Å². The summed E-state index contributed by atoms with van der Waals surface area (Å²) < 4.78 is 27.3. The predicted octanol–water partition coefficient (Wildman–Crippen LogP) is 2.44. The first-order valence-corrected chi connectivity index (χ1v) is 8.68. The minimum atomic E-state index is -3.55. The maximum Gasteiger partial charge on any atom is 0.240 e. The van der Waals surface area contributed by atoms with Gasteiger partial charge in [0.1, 0.15) is 4.99 Å². The van der Waals surface area contributed by atoms with Gasteiger partial charge in [-0.05, 0) is 43.4 Å². The summed E-state index contributed by atoms with van der Waals surface area (Å²) in [5.74, 6) is 0.559. The molecule has 2 rings (SSSR count). The number of hydrogen-bond donors (Lipinski definition) is 2. The van der Waals surface area contributed by atoms with Crippen LogP contribution < -0.4 is 10.5 Å². The Morgan fingerprint density at radius 2 is 2.15 bits per heavy atom. The molecule has 0 amide bonds. The van der Waals surface area contributed by atoms with E-state index in [1.807, 2.05) is 0 Å². The van der Waals surface area contributed by atoms with Crippen LogP contribution in [0.3, 0.4) is 0 Å². The number of benzene rings is 1. The molecule has 0 aromatic heterocycles. The van der Waals surface area contributed by atoms with Crippen molar-refractivity contribution in [2.45, 2.75) is 37.1 Å². The molecular formula is C13H17ClN2O2S2. The minimum Gasteiger partial charge on any atom is -0.389 e. The first-order valence-electron chi connectivity index (χ1n) is 6.41. The summed E-state index contributed by atoms with van der Waals surface area (Å²) in [6, 6.07) is 4.40. The Bertz CT molecular complexity index is 631. The van der Waals surface area contributed by atoms with E-state index < -0.39 is 10.0 Å². The van der Waals surface area contributed by atoms with E-state index in [2.05, 4.69) is 11.6 Å². The van der Waals surface area contributed by atoms with Crippen molar-refractivity contribution >= 4 is 38.8 Å². The third kappa shape index (κ3) is 3.49. The van der Waals surface area contributed by atoms with Crippen LogP contribution in [0, 0.1) is 5.92 Å². The van der Waals surface area contributed by atoms with Gasteiger partial charge < -0.3 is 5.73 Å². The lowest BCUT2D eigenvalue weighted by molar-refractivity contribution is 0.538. The van der Waals surface area contributed by atoms with Crippen molar-refractivity contribution in [2.24, 2.45) is 11.7 Å². The fourth-order valence-electron chi connectivity index (χ4n) is 2.46. The summed E-state index contributed by atoms with van der Waals surface area (Å²) in [7, 11) is -3.55. The molecule has 0 spiro atoms. The van der Waals surface area contributed by atoms with Crippen LogP contribution in [0.4, 0.5) is 0 Å². The van der Waals surface area contributed by atoms with Crippen LogP contribution in [0.1, 0.15) is 31.7 Å². The van der Waals surface area contributed by atoms with Gasteiger partial charge in [0.2, 0.25) is 10.0 Å². The largest absolute Gasteiger partial charge is 0.389 e. The molecule has 1 aromatic carbocycles. The van der Waals surface area contributed by atoms with E-state index in [-0.39, 0.29) is 20.9 Å². The molecule has 0 radical (unpaired) electrons. The number of sulfonamides is 1. The number of nitrogens with two attached hydrogens (primary N) is 1. The van der Waals surface area contributed by atoms with Gasteiger partial charge in [0.05, 0.1) is 9.92 Å². The van der Waals surface area contributed by atoms with Gasteiger partial charge in [-0.3, -0.25) is 0 Å². The highest BCUT2D eigenvalue weighted by Gasteiger charge is 2.26. The maximum absolute atomic E-state index is 12.3. The molecule has 0 aliphatic heterocycles. The maximum atomic E-state index is 12.3. The topological polar surface area (TPSA) is 72.2 Å². The van der Waals surface area contributed by atoms with Gasteiger partial charge in [-0.25, -0.2) is 13.1 Å². The average molecular weight is 333 g/mol. The number of halogens is 1. The molecular weight excluding hydrogens is 316 g/mol. The third-order valence-corrected chi connectivity index (χ3v) is 5.58. The SMILES string of the molecule is CC1CCC(NS(=O)(=O)c2ccc(C(N)=S)c(Cl)c2)C1. The van der Waals surface area contributed by atoms with Crippen molar-refractivity contribution in [2.75, 3.05) is 0 Å². The summed E-state index contributed by atoms with van der Waals surface area (Å²) in [6.07, 6.45) is 2.80. The van der Waals surface area contributed by atoms with Gasteiger partial charge in [-0.1, -0.05) is 30.7 Å². The number of rotatable bonds is 4. The van der Waals surface area contributed by atoms with Crippen LogP contribution in [0.25, 0.3) is 0 Å². The molecule has 2 atom stereocenters. The summed E-state index contributed by atoms with van der Waals surface area (Å²) in [5, 5.41) is 0.250. The quantitative estimate of drug-likeness (QED) is 0.831. The van der Waals surface area contributed by atoms with Crippen LogP contribution in [0.5, 0.6) is 0 Å². The molecule has 4 nitrogen and oxygen atoms in total. The van der Waals surface area contributed by atoms with Crippen molar-refractivity contribution in [3.05, 3.63) is 28.8 Å². The molecule has 1 aliphatic rings. The van der Waals surface area contributed by atoms with E-state index in [0.717, 1.165) is 19.3 Å². The summed E-state index contributed by atoms with van der Waals surface area (Å²) >= 11 is 10.9. The lowest BCUT2D eigenvalue weighted by Crippen LogP contribution is -2.33. The summed E-state index contributed by atoms with van der Waals surface area (Å²) in [6.45, 7) is 2.13. The second-order valence-corrected chi connectivity index (χ2v) is 7.80. The second kappa shape index (κ2) is 5.97. The van der Waals surface area contributed by atoms with E-state index in [1.54, 1.807) is 0 Å². The Kier molecular flexibility index (Phi) is 4.69. The Labute approximate surface area is 129 Å². The van der Waals surface area contributed by atoms with Crippen molar-refractivity contribution in [3.8, 4) is 0 Å². The highest BCUT2D eigenvalue weighted by Crippen LogP contribution is 2.27. The van der Waals surface area contributed by atoms with Gasteiger partial charge in [0.25, 0.3) is 0 Å². The predicted molar refractivity (Wildman–Crippen MR) is 84.5 cm³/mol. The Balaban J connectivity index is 2.21. The fraction of sp³-hybridized carbons (Fsp3) is 0.462. The van der Waals surface area contributed by atoms with E-state index >= 15 is 0 Å². The van der Waals surface area contributed by atoms with Gasteiger partial charge >= 0.3 is 0 Å². The molecule has 3 N–H and O–H groups in total. The lowest BCUT2D eigenvalue weighted by atomic mass is 10.1. The molecule has 1 saturated carbocycles. The minimum absolute atomic E-state index is 0.00374. The molecule has 20 heavy (non-hydrogen) atoms. The van der Waals surface area contributed by atoms with Gasteiger partial charge in [0.15, 0.2) is 0 Å². The molecule has 2 unspecified atom stereocenters. The second-order valence-electron chi connectivity index (χ2n) is 5.24. The Hall–Kier alpha value is -0.690. The van der Waals surface area contributed by atoms with Crippen molar-refractivity contribution in [1.82, 2.24) is 4.72 Å². The molecule has 1 aliphatic carbocycles. The van der Waals surface area contributed by atoms with Gasteiger partial charge in [0, 0.05) is 11.6 Å². The summed E-state index contributed by atoms with van der Waals surface area (Å²) in [5.41, 5.74) is 5.98. The molecule has 1 fully saturated rings. The molecule has 7 heteroatoms. The zero-order chi connectivity index (χ0) is 14.9. The van der Waals surface area contributed by atoms with Crippen molar-refractivity contribution < 1.29 is 8.42 Å². The van der Waals surface area contributed by atoms with Crippen molar-refractivity contribution in [3.63, 3.8) is 0 Å². The first kappa shape index (κ1) is 15.7. The van der Waals surface area contributed by atoms with Crippen LogP contribution >= 0.6 is 23.8 Å². The third-order valence-electron chi connectivity index (χ3n) is 3.53. The molecule has 110 valence electrons. The van der Waals surface area contributed by atoms with E-state index in [4.69, 9.17) is 29.6 Å². The van der Waals surface area contributed by atoms with Crippen LogP contribution in [-0.4, -0.2) is 19.4 Å². The van der Waals surface area contributed by atoms with Crippen LogP contribution in [0.2, 0.25) is 5.02 Å². The molecule has 0 heterocycles. The molecule has 0 bridgehead atoms. The van der Waals surface area contributed by atoms with Crippen LogP contribution in [-0.2, 0) is 10.0 Å². The normalized spacial score (nSPS) is 22.9. The van der Waals surface area contributed by atoms with E-state index in [1.165, 1.54) is 18.2 Å². The number of thiocarbonyl (C=S) groups is 1. The first-order chi connectivity index (χ1) is 9.29. The number of nitrogens with one attached hydrogen (secondary N) is 1. The van der Waals surface area contributed by atoms with E-state index in [0.29, 0.717) is 11.5 Å². The highest BCUT2D eigenvalue weighted by atomic mass is 35.5. The smallest absolute Gasteiger partial charge is 0.240 e. The zero-order valence-corrected chi connectivity index (χ0v) is 13.5. The average Bonchev–Trinajstić information content (AvgIpc) is 2.73. The lowest BCUT2D eigenvalue weighted by Gasteiger charge is -2.13. The Morgan fingerprint density at radius 1 is 1.45 bits per heavy atom. The Morgan fingerprint density at radius 3 is 2.65 bits per heavy atom. The molecule has 1 aromatic rings.